The van der Waals surface area contributed by atoms with Gasteiger partial charge in [0.1, 0.15) is 12.1 Å². The van der Waals surface area contributed by atoms with E-state index in [1.807, 2.05) is 59.5 Å². The Kier molecular flexibility index (Phi) is 10.2. The van der Waals surface area contributed by atoms with Crippen LogP contribution in [0.5, 0.6) is 0 Å². The lowest BCUT2D eigenvalue weighted by molar-refractivity contribution is -0.138. The fourth-order valence-corrected chi connectivity index (χ4v) is 5.45. The summed E-state index contributed by atoms with van der Waals surface area (Å²) < 4.78 is 5.69. The third-order valence-corrected chi connectivity index (χ3v) is 7.83. The molecular formula is C34H37ClN4O3. The van der Waals surface area contributed by atoms with Gasteiger partial charge in [0, 0.05) is 37.1 Å². The Morgan fingerprint density at radius 3 is 2.43 bits per heavy atom. The molecule has 0 spiro atoms. The van der Waals surface area contributed by atoms with E-state index < -0.39 is 18.0 Å². The number of nitrogens with zero attached hydrogens (tertiary/aromatic N) is 1. The number of ether oxygens (including phenoxy) is 1. The number of halogens is 1. The zero-order valence-electron chi connectivity index (χ0n) is 23.5. The van der Waals surface area contributed by atoms with Crippen molar-refractivity contribution < 1.29 is 14.3 Å². The van der Waals surface area contributed by atoms with Crippen LogP contribution >= 0.6 is 11.6 Å². The lowest BCUT2D eigenvalue weighted by Gasteiger charge is -2.36. The van der Waals surface area contributed by atoms with E-state index in [2.05, 4.69) is 41.0 Å². The van der Waals surface area contributed by atoms with Crippen LogP contribution in [0.2, 0.25) is 5.02 Å². The smallest absolute Gasteiger partial charge is 0.245 e. The molecule has 1 saturated heterocycles. The van der Waals surface area contributed by atoms with Crippen molar-refractivity contribution in [1.29, 1.82) is 0 Å². The van der Waals surface area contributed by atoms with Gasteiger partial charge in [-0.05, 0) is 46.0 Å². The van der Waals surface area contributed by atoms with Gasteiger partial charge < -0.3 is 26.0 Å². The minimum Gasteiger partial charge on any atom is -0.375 e. The average molecular weight is 585 g/mol. The van der Waals surface area contributed by atoms with Gasteiger partial charge >= 0.3 is 0 Å². The summed E-state index contributed by atoms with van der Waals surface area (Å²) in [6.45, 7) is 2.19. The maximum absolute atomic E-state index is 13.9. The van der Waals surface area contributed by atoms with Gasteiger partial charge in [-0.15, -0.1) is 0 Å². The predicted octanol–water partition coefficient (Wildman–Crippen LogP) is 4.11. The first-order chi connectivity index (χ1) is 20.4. The maximum atomic E-state index is 13.9. The van der Waals surface area contributed by atoms with Crippen LogP contribution in [0.25, 0.3) is 10.8 Å². The van der Waals surface area contributed by atoms with Crippen LogP contribution in [-0.2, 0) is 33.8 Å². The lowest BCUT2D eigenvalue weighted by atomic mass is 9.99. The summed E-state index contributed by atoms with van der Waals surface area (Å²) in [5.41, 5.74) is 9.29. The molecule has 5 rings (SSSR count). The molecule has 0 radical (unpaired) electrons. The molecule has 0 saturated carbocycles. The molecule has 1 aliphatic rings. The molecule has 1 fully saturated rings. The number of rotatable bonds is 11. The number of benzene rings is 4. The van der Waals surface area contributed by atoms with E-state index in [1.165, 1.54) is 16.3 Å². The largest absolute Gasteiger partial charge is 0.375 e. The summed E-state index contributed by atoms with van der Waals surface area (Å²) >= 11 is 6.08. The molecule has 42 heavy (non-hydrogen) atoms. The highest BCUT2D eigenvalue weighted by Gasteiger charge is 2.31. The van der Waals surface area contributed by atoms with Crippen LogP contribution in [0.1, 0.15) is 16.7 Å². The number of hydrogen-bond donors (Lipinski definition) is 3. The van der Waals surface area contributed by atoms with Crippen LogP contribution in [-0.4, -0.2) is 61.1 Å². The second-order valence-corrected chi connectivity index (χ2v) is 11.3. The predicted molar refractivity (Wildman–Crippen MR) is 167 cm³/mol. The summed E-state index contributed by atoms with van der Waals surface area (Å²) in [5, 5.41) is 9.50. The minimum absolute atomic E-state index is 0.0457. The number of fused-ring (bicyclic) bond motifs is 1. The molecule has 0 aliphatic carbocycles. The van der Waals surface area contributed by atoms with Crippen LogP contribution in [0.4, 0.5) is 0 Å². The Balaban J connectivity index is 1.23. The molecule has 0 unspecified atom stereocenters. The van der Waals surface area contributed by atoms with Crippen LogP contribution in [0, 0.1) is 0 Å². The summed E-state index contributed by atoms with van der Waals surface area (Å²) in [6, 6.07) is 30.3. The number of nitrogens with two attached hydrogens (primary N) is 1. The lowest BCUT2D eigenvalue weighted by Crippen LogP contribution is -2.59. The first-order valence-corrected chi connectivity index (χ1v) is 14.7. The third-order valence-electron chi connectivity index (χ3n) is 7.58. The van der Waals surface area contributed by atoms with Crippen molar-refractivity contribution >= 4 is 34.2 Å². The van der Waals surface area contributed by atoms with Crippen molar-refractivity contribution in [2.24, 2.45) is 5.73 Å². The van der Waals surface area contributed by atoms with E-state index in [4.69, 9.17) is 22.1 Å². The van der Waals surface area contributed by atoms with E-state index in [1.54, 1.807) is 12.1 Å². The van der Waals surface area contributed by atoms with E-state index in [9.17, 15) is 9.59 Å². The minimum atomic E-state index is -0.905. The molecule has 4 aromatic rings. The molecule has 218 valence electrons. The number of amides is 2. The standard InChI is InChI=1S/C34H37ClN4O3/c35-29-14-11-24(12-15-29)20-32(38-33(40)31(36)23-42-22-25-6-2-1-3-7-25)34(41)39-17-16-37-30(21-39)19-26-10-13-27-8-4-5-9-28(27)18-26/h1-15,18,30-32,37H,16-17,19-23,36H2,(H,38,40)/t30-,31+,32-/m1/s1. The first-order valence-electron chi connectivity index (χ1n) is 14.4. The average Bonchev–Trinajstić information content (AvgIpc) is 3.02. The number of carbonyl (C=O) groups is 2. The molecule has 4 N–H and O–H groups in total. The quantitative estimate of drug-likeness (QED) is 0.247. The third kappa shape index (κ3) is 8.17. The SMILES string of the molecule is N[C@@H](COCc1ccccc1)C(=O)N[C@H](Cc1ccc(Cl)cc1)C(=O)N1CCN[C@H](Cc2ccc3ccccc3c2)C1. The molecular weight excluding hydrogens is 548 g/mol. The van der Waals surface area contributed by atoms with E-state index in [0.29, 0.717) is 37.7 Å². The van der Waals surface area contributed by atoms with Gasteiger partial charge in [0.05, 0.1) is 13.2 Å². The summed E-state index contributed by atoms with van der Waals surface area (Å²) in [4.78, 5) is 28.9. The molecule has 0 bridgehead atoms. The zero-order valence-corrected chi connectivity index (χ0v) is 24.3. The van der Waals surface area contributed by atoms with Gasteiger partial charge in [0.25, 0.3) is 0 Å². The van der Waals surface area contributed by atoms with Gasteiger partial charge in [-0.2, -0.15) is 0 Å². The second kappa shape index (κ2) is 14.4. The molecule has 7 nitrogen and oxygen atoms in total. The molecule has 3 atom stereocenters. The zero-order chi connectivity index (χ0) is 29.3. The molecule has 1 aliphatic heterocycles. The number of piperazine rings is 1. The Hall–Kier alpha value is -3.75. The van der Waals surface area contributed by atoms with Crippen molar-refractivity contribution in [2.75, 3.05) is 26.2 Å². The van der Waals surface area contributed by atoms with Crippen molar-refractivity contribution in [2.45, 2.75) is 37.6 Å². The summed E-state index contributed by atoms with van der Waals surface area (Å²) in [5.74, 6) is -0.543. The Labute approximate surface area is 252 Å². The monoisotopic (exact) mass is 584 g/mol. The van der Waals surface area contributed by atoms with E-state index in [0.717, 1.165) is 17.5 Å². The molecule has 1 heterocycles. The highest BCUT2D eigenvalue weighted by Crippen LogP contribution is 2.18. The van der Waals surface area contributed by atoms with Crippen molar-refractivity contribution in [3.63, 3.8) is 0 Å². The van der Waals surface area contributed by atoms with E-state index >= 15 is 0 Å². The highest BCUT2D eigenvalue weighted by molar-refractivity contribution is 6.30. The van der Waals surface area contributed by atoms with Crippen LogP contribution in [0.3, 0.4) is 0 Å². The van der Waals surface area contributed by atoms with Crippen LogP contribution in [0.15, 0.2) is 97.1 Å². The number of nitrogens with one attached hydrogen (secondary N) is 2. The fraction of sp³-hybridized carbons (Fsp3) is 0.294. The fourth-order valence-electron chi connectivity index (χ4n) is 5.32. The van der Waals surface area contributed by atoms with Crippen molar-refractivity contribution in [3.8, 4) is 0 Å². The van der Waals surface area contributed by atoms with Crippen molar-refractivity contribution in [3.05, 3.63) is 119 Å². The number of hydrogen-bond acceptors (Lipinski definition) is 5. The van der Waals surface area contributed by atoms with Gasteiger partial charge in [0.2, 0.25) is 11.8 Å². The van der Waals surface area contributed by atoms with Gasteiger partial charge in [-0.25, -0.2) is 0 Å². The Morgan fingerprint density at radius 2 is 1.64 bits per heavy atom. The normalized spacial score (nSPS) is 16.6. The number of carbonyl (C=O) groups excluding carboxylic acids is 2. The van der Waals surface area contributed by atoms with Gasteiger partial charge in [-0.1, -0.05) is 96.5 Å². The van der Waals surface area contributed by atoms with Crippen molar-refractivity contribution in [1.82, 2.24) is 15.5 Å². The van der Waals surface area contributed by atoms with Crippen LogP contribution < -0.4 is 16.4 Å². The first kappa shape index (κ1) is 29.7. The Morgan fingerprint density at radius 1 is 0.929 bits per heavy atom. The molecule has 8 heteroatoms. The van der Waals surface area contributed by atoms with Gasteiger partial charge in [0.15, 0.2) is 0 Å². The second-order valence-electron chi connectivity index (χ2n) is 10.8. The Bertz CT molecular complexity index is 1480. The molecule has 4 aromatic carbocycles. The topological polar surface area (TPSA) is 96.7 Å². The summed E-state index contributed by atoms with van der Waals surface area (Å²) in [7, 11) is 0. The summed E-state index contributed by atoms with van der Waals surface area (Å²) in [6.07, 6.45) is 1.13. The molecule has 0 aromatic heterocycles. The maximum Gasteiger partial charge on any atom is 0.245 e. The van der Waals surface area contributed by atoms with E-state index in [-0.39, 0.29) is 18.6 Å². The molecule has 2 amide bonds. The van der Waals surface area contributed by atoms with Gasteiger partial charge in [-0.3, -0.25) is 9.59 Å². The highest BCUT2D eigenvalue weighted by atomic mass is 35.5.